The van der Waals surface area contributed by atoms with Crippen LogP contribution in [-0.4, -0.2) is 12.3 Å². The highest BCUT2D eigenvalue weighted by atomic mass is 35.5. The smallest absolute Gasteiger partial charge is 0.174 e. The van der Waals surface area contributed by atoms with Gasteiger partial charge in [-0.05, 0) is 12.1 Å². The molecule has 4 heteroatoms. The van der Waals surface area contributed by atoms with Crippen molar-refractivity contribution in [2.24, 2.45) is 0 Å². The fraction of sp³-hybridized carbons (Fsp3) is 0.182. The van der Waals surface area contributed by atoms with Crippen LogP contribution in [0.3, 0.4) is 0 Å². The Hall–Kier alpha value is -1.48. The highest BCUT2D eigenvalue weighted by molar-refractivity contribution is 6.17. The number of aromatic nitrogens is 1. The number of ether oxygens (including phenoxy) is 1. The number of methoxy groups -OCH3 is 1. The van der Waals surface area contributed by atoms with Crippen molar-refractivity contribution in [2.45, 2.75) is 5.88 Å². The lowest BCUT2D eigenvalue weighted by Gasteiger charge is -2.05. The molecule has 0 spiro atoms. The first-order valence-electron chi connectivity index (χ1n) is 4.49. The number of hydrogen-bond donors (Lipinski definition) is 0. The minimum absolute atomic E-state index is 0.372. The summed E-state index contributed by atoms with van der Waals surface area (Å²) in [5, 5.41) is 3.73. The number of benzene rings is 1. The van der Waals surface area contributed by atoms with Gasteiger partial charge < -0.3 is 9.26 Å². The molecule has 0 atom stereocenters. The van der Waals surface area contributed by atoms with E-state index in [1.54, 1.807) is 13.3 Å². The maximum atomic E-state index is 5.78. The topological polar surface area (TPSA) is 35.3 Å². The van der Waals surface area contributed by atoms with Crippen molar-refractivity contribution in [3.05, 3.63) is 36.0 Å². The van der Waals surface area contributed by atoms with Crippen molar-refractivity contribution in [3.8, 4) is 17.1 Å². The van der Waals surface area contributed by atoms with E-state index in [0.717, 1.165) is 16.9 Å². The molecule has 2 rings (SSSR count). The normalized spacial score (nSPS) is 10.3. The van der Waals surface area contributed by atoms with Crippen LogP contribution < -0.4 is 4.74 Å². The number of alkyl halides is 1. The molecule has 0 bridgehead atoms. The van der Waals surface area contributed by atoms with Crippen molar-refractivity contribution in [2.75, 3.05) is 7.11 Å². The van der Waals surface area contributed by atoms with Crippen LogP contribution in [0, 0.1) is 0 Å². The molecule has 78 valence electrons. The maximum absolute atomic E-state index is 5.78. The standard InChI is InChI=1S/C11H10ClNO2/c1-14-10-5-3-2-4-9(10)11-8(6-12)7-13-15-11/h2-5,7H,6H2,1H3. The lowest BCUT2D eigenvalue weighted by molar-refractivity contribution is 0.406. The minimum atomic E-state index is 0.372. The zero-order valence-corrected chi connectivity index (χ0v) is 8.99. The van der Waals surface area contributed by atoms with Crippen LogP contribution in [0.4, 0.5) is 0 Å². The summed E-state index contributed by atoms with van der Waals surface area (Å²) in [7, 11) is 1.62. The third-order valence-corrected chi connectivity index (χ3v) is 2.43. The second-order valence-electron chi connectivity index (χ2n) is 3.01. The Balaban J connectivity index is 2.53. The Morgan fingerprint density at radius 1 is 1.40 bits per heavy atom. The van der Waals surface area contributed by atoms with E-state index in [-0.39, 0.29) is 0 Å². The molecule has 0 aliphatic carbocycles. The molecule has 15 heavy (non-hydrogen) atoms. The van der Waals surface area contributed by atoms with Crippen molar-refractivity contribution in [3.63, 3.8) is 0 Å². The van der Waals surface area contributed by atoms with Gasteiger partial charge in [0, 0.05) is 5.56 Å². The van der Waals surface area contributed by atoms with Gasteiger partial charge in [0.1, 0.15) is 5.75 Å². The van der Waals surface area contributed by atoms with Crippen LogP contribution in [0.5, 0.6) is 5.75 Å². The molecule has 1 aromatic carbocycles. The van der Waals surface area contributed by atoms with Crippen molar-refractivity contribution < 1.29 is 9.26 Å². The monoisotopic (exact) mass is 223 g/mol. The van der Waals surface area contributed by atoms with E-state index in [1.165, 1.54) is 0 Å². The van der Waals surface area contributed by atoms with Gasteiger partial charge in [-0.1, -0.05) is 17.3 Å². The molecule has 0 unspecified atom stereocenters. The second-order valence-corrected chi connectivity index (χ2v) is 3.28. The predicted molar refractivity (Wildman–Crippen MR) is 58.0 cm³/mol. The molecule has 0 aliphatic rings. The van der Waals surface area contributed by atoms with E-state index in [4.69, 9.17) is 20.9 Å². The highest BCUT2D eigenvalue weighted by Gasteiger charge is 2.13. The van der Waals surface area contributed by atoms with E-state index in [2.05, 4.69) is 5.16 Å². The zero-order valence-electron chi connectivity index (χ0n) is 8.24. The Morgan fingerprint density at radius 2 is 2.20 bits per heavy atom. The summed E-state index contributed by atoms with van der Waals surface area (Å²) in [6.07, 6.45) is 1.62. The molecular weight excluding hydrogens is 214 g/mol. The Morgan fingerprint density at radius 3 is 2.93 bits per heavy atom. The minimum Gasteiger partial charge on any atom is -0.496 e. The average Bonchev–Trinajstić information content (AvgIpc) is 2.76. The molecule has 0 aliphatic heterocycles. The molecule has 2 aromatic rings. The quantitative estimate of drug-likeness (QED) is 0.750. The Kier molecular flexibility index (Phi) is 2.92. The van der Waals surface area contributed by atoms with Crippen LogP contribution in [0.25, 0.3) is 11.3 Å². The number of rotatable bonds is 3. The number of para-hydroxylation sites is 1. The van der Waals surface area contributed by atoms with Crippen molar-refractivity contribution in [1.29, 1.82) is 0 Å². The first-order valence-corrected chi connectivity index (χ1v) is 5.03. The van der Waals surface area contributed by atoms with Gasteiger partial charge in [-0.25, -0.2) is 0 Å². The summed E-state index contributed by atoms with van der Waals surface area (Å²) in [5.41, 5.74) is 1.73. The van der Waals surface area contributed by atoms with Gasteiger partial charge in [-0.15, -0.1) is 11.6 Å². The van der Waals surface area contributed by atoms with Gasteiger partial charge in [0.2, 0.25) is 0 Å². The number of halogens is 1. The highest BCUT2D eigenvalue weighted by Crippen LogP contribution is 2.32. The second kappa shape index (κ2) is 4.36. The number of nitrogens with zero attached hydrogens (tertiary/aromatic N) is 1. The summed E-state index contributed by atoms with van der Waals surface area (Å²) in [6, 6.07) is 7.60. The van der Waals surface area contributed by atoms with E-state index >= 15 is 0 Å². The average molecular weight is 224 g/mol. The van der Waals surface area contributed by atoms with Crippen LogP contribution >= 0.6 is 11.6 Å². The lowest BCUT2D eigenvalue weighted by Crippen LogP contribution is -1.88. The molecule has 0 N–H and O–H groups in total. The van der Waals surface area contributed by atoms with Crippen LogP contribution in [0.2, 0.25) is 0 Å². The molecule has 0 saturated carbocycles. The van der Waals surface area contributed by atoms with E-state index < -0.39 is 0 Å². The molecule has 0 saturated heterocycles. The van der Waals surface area contributed by atoms with Gasteiger partial charge in [0.05, 0.1) is 24.8 Å². The van der Waals surface area contributed by atoms with Gasteiger partial charge in [0.25, 0.3) is 0 Å². The molecule has 0 amide bonds. The Labute approximate surface area is 92.6 Å². The molecular formula is C11H10ClNO2. The van der Waals surface area contributed by atoms with E-state index in [9.17, 15) is 0 Å². The zero-order chi connectivity index (χ0) is 10.7. The van der Waals surface area contributed by atoms with Gasteiger partial charge in [-0.3, -0.25) is 0 Å². The third kappa shape index (κ3) is 1.83. The summed E-state index contributed by atoms with van der Waals surface area (Å²) in [4.78, 5) is 0. The van der Waals surface area contributed by atoms with Gasteiger partial charge in [0.15, 0.2) is 5.76 Å². The first kappa shape index (κ1) is 10.1. The van der Waals surface area contributed by atoms with Gasteiger partial charge >= 0.3 is 0 Å². The van der Waals surface area contributed by atoms with Crippen LogP contribution in [0.15, 0.2) is 35.0 Å². The molecule has 1 heterocycles. The molecule has 0 fully saturated rings. The maximum Gasteiger partial charge on any atom is 0.174 e. The SMILES string of the molecule is COc1ccccc1-c1oncc1CCl. The number of hydrogen-bond acceptors (Lipinski definition) is 3. The van der Waals surface area contributed by atoms with Crippen LogP contribution in [-0.2, 0) is 5.88 Å². The fourth-order valence-corrected chi connectivity index (χ4v) is 1.60. The first-order chi connectivity index (χ1) is 7.36. The molecule has 0 radical (unpaired) electrons. The fourth-order valence-electron chi connectivity index (χ4n) is 1.41. The molecule has 1 aromatic heterocycles. The predicted octanol–water partition coefficient (Wildman–Crippen LogP) is 3.09. The van der Waals surface area contributed by atoms with Crippen molar-refractivity contribution in [1.82, 2.24) is 5.16 Å². The van der Waals surface area contributed by atoms with Gasteiger partial charge in [-0.2, -0.15) is 0 Å². The van der Waals surface area contributed by atoms with Crippen LogP contribution in [0.1, 0.15) is 5.56 Å². The van der Waals surface area contributed by atoms with Crippen molar-refractivity contribution >= 4 is 11.6 Å². The Bertz CT molecular complexity index is 453. The largest absolute Gasteiger partial charge is 0.496 e. The summed E-state index contributed by atoms with van der Waals surface area (Å²) in [5.74, 6) is 1.79. The van der Waals surface area contributed by atoms with E-state index in [1.807, 2.05) is 24.3 Å². The molecule has 3 nitrogen and oxygen atoms in total. The summed E-state index contributed by atoms with van der Waals surface area (Å²) < 4.78 is 10.4. The lowest BCUT2D eigenvalue weighted by atomic mass is 10.1. The summed E-state index contributed by atoms with van der Waals surface area (Å²) >= 11 is 5.78. The third-order valence-electron chi connectivity index (χ3n) is 2.14. The summed E-state index contributed by atoms with van der Waals surface area (Å²) in [6.45, 7) is 0. The van der Waals surface area contributed by atoms with E-state index in [0.29, 0.717) is 11.6 Å².